The van der Waals surface area contributed by atoms with Crippen molar-refractivity contribution in [3.8, 4) is 5.75 Å². The van der Waals surface area contributed by atoms with E-state index in [2.05, 4.69) is 10.3 Å². The second-order valence-electron chi connectivity index (χ2n) is 5.95. The van der Waals surface area contributed by atoms with Crippen LogP contribution in [0.3, 0.4) is 0 Å². The van der Waals surface area contributed by atoms with Gasteiger partial charge in [-0.1, -0.05) is 0 Å². The molecule has 1 heterocycles. The molecule has 0 aliphatic rings. The lowest BCUT2D eigenvalue weighted by molar-refractivity contribution is -0.121. The van der Waals surface area contributed by atoms with Gasteiger partial charge >= 0.3 is 0 Å². The van der Waals surface area contributed by atoms with Crippen LogP contribution in [0.1, 0.15) is 25.8 Å². The molecule has 0 aliphatic heterocycles. The maximum Gasteiger partial charge on any atom is 0.252 e. The van der Waals surface area contributed by atoms with Crippen molar-refractivity contribution in [2.24, 2.45) is 0 Å². The van der Waals surface area contributed by atoms with Crippen LogP contribution in [0.4, 0.5) is 0 Å². The first-order valence-corrected chi connectivity index (χ1v) is 8.14. The summed E-state index contributed by atoms with van der Waals surface area (Å²) in [6.07, 6.45) is 0.396. The van der Waals surface area contributed by atoms with Gasteiger partial charge in [-0.2, -0.15) is 0 Å². The molecule has 2 N–H and O–H groups in total. The van der Waals surface area contributed by atoms with E-state index in [1.165, 1.54) is 0 Å². The number of amides is 1. The molecule has 1 atom stereocenters. The lowest BCUT2D eigenvalue weighted by Gasteiger charge is -2.23. The third-order valence-electron chi connectivity index (χ3n) is 4.14. The minimum atomic E-state index is -0.106. The summed E-state index contributed by atoms with van der Waals surface area (Å²) in [7, 11) is 3.53. The summed E-state index contributed by atoms with van der Waals surface area (Å²) in [5.74, 6) is 0.771. The molecular formula is C18H25N3O3. The zero-order valence-corrected chi connectivity index (χ0v) is 14.7. The molecule has 6 nitrogen and oxygen atoms in total. The molecule has 0 radical (unpaired) electrons. The van der Waals surface area contributed by atoms with E-state index in [4.69, 9.17) is 4.74 Å². The number of pyridine rings is 1. The molecule has 1 amide bonds. The highest BCUT2D eigenvalue weighted by atomic mass is 16.5. The zero-order valence-electron chi connectivity index (χ0n) is 14.7. The fourth-order valence-electron chi connectivity index (χ4n) is 2.55. The smallest absolute Gasteiger partial charge is 0.252 e. The number of nitrogens with one attached hydrogen (secondary N) is 2. The van der Waals surface area contributed by atoms with Crippen molar-refractivity contribution in [1.29, 1.82) is 0 Å². The van der Waals surface area contributed by atoms with Gasteiger partial charge in [0.15, 0.2) is 0 Å². The number of rotatable bonds is 7. The highest BCUT2D eigenvalue weighted by molar-refractivity contribution is 5.80. The summed E-state index contributed by atoms with van der Waals surface area (Å²) in [5, 5.41) is 3.55. The Morgan fingerprint density at radius 3 is 2.79 bits per heavy atom. The third-order valence-corrected chi connectivity index (χ3v) is 4.14. The van der Waals surface area contributed by atoms with E-state index in [0.717, 1.165) is 16.7 Å². The Balaban J connectivity index is 2.22. The van der Waals surface area contributed by atoms with Crippen LogP contribution in [0.5, 0.6) is 5.75 Å². The first kappa shape index (κ1) is 18.0. The van der Waals surface area contributed by atoms with Gasteiger partial charge in [0.1, 0.15) is 5.75 Å². The number of aromatic amines is 1. The zero-order chi connectivity index (χ0) is 17.7. The summed E-state index contributed by atoms with van der Waals surface area (Å²) in [6.45, 7) is 4.98. The topological polar surface area (TPSA) is 74.4 Å². The molecule has 1 aromatic heterocycles. The van der Waals surface area contributed by atoms with E-state index in [9.17, 15) is 9.59 Å². The van der Waals surface area contributed by atoms with Gasteiger partial charge < -0.3 is 15.0 Å². The number of hydrogen-bond acceptors (Lipinski definition) is 4. The molecule has 0 unspecified atom stereocenters. The summed E-state index contributed by atoms with van der Waals surface area (Å²) >= 11 is 0. The largest absolute Gasteiger partial charge is 0.494 e. The molecule has 0 spiro atoms. The Hall–Kier alpha value is -2.34. The number of H-pyrrole nitrogens is 1. The van der Waals surface area contributed by atoms with Crippen LogP contribution in [0.25, 0.3) is 10.9 Å². The van der Waals surface area contributed by atoms with Gasteiger partial charge in [0.25, 0.3) is 5.56 Å². The fraction of sp³-hybridized carbons (Fsp3) is 0.444. The molecule has 0 bridgehead atoms. The first-order valence-electron chi connectivity index (χ1n) is 8.14. The van der Waals surface area contributed by atoms with Crippen LogP contribution in [0.2, 0.25) is 0 Å². The van der Waals surface area contributed by atoms with Crippen LogP contribution in [-0.2, 0) is 11.3 Å². The Kier molecular flexibility index (Phi) is 5.98. The molecule has 6 heteroatoms. The number of carbonyl (C=O) groups is 1. The highest BCUT2D eigenvalue weighted by Gasteiger charge is 2.15. The van der Waals surface area contributed by atoms with Crippen LogP contribution in [0.15, 0.2) is 29.1 Å². The van der Waals surface area contributed by atoms with E-state index >= 15 is 0 Å². The van der Waals surface area contributed by atoms with Crippen LogP contribution >= 0.6 is 0 Å². The molecule has 2 aromatic rings. The number of ether oxygens (including phenoxy) is 1. The number of nitrogens with zero attached hydrogens (tertiary/aromatic N) is 1. The Morgan fingerprint density at radius 1 is 1.38 bits per heavy atom. The van der Waals surface area contributed by atoms with Crippen molar-refractivity contribution in [3.63, 3.8) is 0 Å². The average molecular weight is 331 g/mol. The Labute approximate surface area is 141 Å². The monoisotopic (exact) mass is 331 g/mol. The summed E-state index contributed by atoms with van der Waals surface area (Å²) < 4.78 is 5.51. The quantitative estimate of drug-likeness (QED) is 0.812. The predicted octanol–water partition coefficient (Wildman–Crippen LogP) is 1.88. The first-order chi connectivity index (χ1) is 11.4. The van der Waals surface area contributed by atoms with Crippen LogP contribution in [0, 0.1) is 0 Å². The number of fused-ring (bicyclic) bond motifs is 1. The van der Waals surface area contributed by atoms with E-state index in [-0.39, 0.29) is 17.5 Å². The molecular weight excluding hydrogens is 306 g/mol. The van der Waals surface area contributed by atoms with E-state index < -0.39 is 0 Å². The van der Waals surface area contributed by atoms with Gasteiger partial charge in [0, 0.05) is 42.5 Å². The lowest BCUT2D eigenvalue weighted by atomic mass is 10.1. The maximum atomic E-state index is 12.3. The third kappa shape index (κ3) is 4.35. The van der Waals surface area contributed by atoms with Crippen molar-refractivity contribution >= 4 is 16.8 Å². The Morgan fingerprint density at radius 2 is 2.12 bits per heavy atom. The molecule has 2 rings (SSSR count). The van der Waals surface area contributed by atoms with Gasteiger partial charge in [-0.25, -0.2) is 0 Å². The SMILES string of the molecule is CCOc1ccc2[nH]c(=O)c(CN(C)[C@H](C)CC(=O)NC)cc2c1. The van der Waals surface area contributed by atoms with Gasteiger partial charge in [-0.15, -0.1) is 0 Å². The van der Waals surface area contributed by atoms with Gasteiger partial charge in [0.05, 0.1) is 6.61 Å². The number of carbonyl (C=O) groups excluding carboxylic acids is 1. The summed E-state index contributed by atoms with van der Waals surface area (Å²) in [5.41, 5.74) is 1.35. The maximum absolute atomic E-state index is 12.3. The molecule has 1 aromatic carbocycles. The number of aromatic nitrogens is 1. The number of hydrogen-bond donors (Lipinski definition) is 2. The van der Waals surface area contributed by atoms with E-state index in [0.29, 0.717) is 25.1 Å². The lowest BCUT2D eigenvalue weighted by Crippen LogP contribution is -2.35. The van der Waals surface area contributed by atoms with Crippen molar-refractivity contribution in [1.82, 2.24) is 15.2 Å². The second kappa shape index (κ2) is 7.97. The van der Waals surface area contributed by atoms with Gasteiger partial charge in [-0.05, 0) is 45.2 Å². The molecule has 130 valence electrons. The molecule has 0 saturated heterocycles. The van der Waals surface area contributed by atoms with Crippen LogP contribution < -0.4 is 15.6 Å². The van der Waals surface area contributed by atoms with Crippen LogP contribution in [-0.4, -0.2) is 42.5 Å². The van der Waals surface area contributed by atoms with Crippen molar-refractivity contribution in [3.05, 3.63) is 40.2 Å². The molecule has 0 fully saturated rings. The standard InChI is InChI=1S/C18H25N3O3/c1-5-24-15-6-7-16-13(10-15)9-14(18(23)20-16)11-21(4)12(2)8-17(22)19-3/h6-7,9-10,12H,5,8,11H2,1-4H3,(H,19,22)(H,20,23)/t12-/m1/s1. The van der Waals surface area contributed by atoms with Gasteiger partial charge in [0.2, 0.25) is 5.91 Å². The average Bonchev–Trinajstić information content (AvgIpc) is 2.55. The van der Waals surface area contributed by atoms with Gasteiger partial charge in [-0.3, -0.25) is 14.5 Å². The Bertz CT molecular complexity index is 770. The van der Waals surface area contributed by atoms with Crippen molar-refractivity contribution in [2.45, 2.75) is 32.9 Å². The highest BCUT2D eigenvalue weighted by Crippen LogP contribution is 2.19. The van der Waals surface area contributed by atoms with Crippen molar-refractivity contribution in [2.75, 3.05) is 20.7 Å². The predicted molar refractivity (Wildman–Crippen MR) is 95.4 cm³/mol. The molecule has 0 saturated carbocycles. The molecule has 0 aliphatic carbocycles. The summed E-state index contributed by atoms with van der Waals surface area (Å²) in [4.78, 5) is 28.7. The fourth-order valence-corrected chi connectivity index (χ4v) is 2.55. The van der Waals surface area contributed by atoms with E-state index in [1.54, 1.807) is 7.05 Å². The summed E-state index contributed by atoms with van der Waals surface area (Å²) in [6, 6.07) is 7.55. The minimum Gasteiger partial charge on any atom is -0.494 e. The molecule has 24 heavy (non-hydrogen) atoms. The normalized spacial score (nSPS) is 12.4. The second-order valence-corrected chi connectivity index (χ2v) is 5.95. The van der Waals surface area contributed by atoms with Crippen molar-refractivity contribution < 1.29 is 9.53 Å². The number of benzene rings is 1. The minimum absolute atomic E-state index is 0.0110. The van der Waals surface area contributed by atoms with E-state index in [1.807, 2.05) is 50.1 Å².